The maximum atomic E-state index is 13.9. The minimum atomic E-state index is -0.227. The second-order valence-electron chi connectivity index (χ2n) is 4.97. The van der Waals surface area contributed by atoms with Crippen LogP contribution in [0.3, 0.4) is 0 Å². The summed E-state index contributed by atoms with van der Waals surface area (Å²) >= 11 is 11.1. The molecule has 0 aliphatic carbocycles. The molecule has 0 saturated carbocycles. The molecular weight excluding hydrogens is 410 g/mol. The molecule has 1 atom stereocenters. The fourth-order valence-electron chi connectivity index (χ4n) is 2.68. The van der Waals surface area contributed by atoms with Crippen LogP contribution in [0, 0.1) is 5.82 Å². The van der Waals surface area contributed by atoms with Crippen molar-refractivity contribution in [3.05, 3.63) is 55.4 Å². The highest BCUT2D eigenvalue weighted by Gasteiger charge is 2.27. The van der Waals surface area contributed by atoms with Crippen molar-refractivity contribution >= 4 is 51.3 Å². The molecule has 0 spiro atoms. The molecule has 3 rings (SSSR count). The summed E-state index contributed by atoms with van der Waals surface area (Å²) in [7, 11) is 0. The van der Waals surface area contributed by atoms with E-state index in [9.17, 15) is 4.39 Å². The Hall–Kier alpha value is -0.170. The van der Waals surface area contributed by atoms with Crippen LogP contribution in [0.25, 0.3) is 0 Å². The van der Waals surface area contributed by atoms with Gasteiger partial charge in [0.15, 0.2) is 0 Å². The second kappa shape index (κ2) is 8.08. The molecule has 1 aliphatic rings. The van der Waals surface area contributed by atoms with Crippen LogP contribution in [-0.2, 0) is 0 Å². The number of nitrogens with one attached hydrogen (secondary N) is 1. The number of halogens is 4. The van der Waals surface area contributed by atoms with Crippen LogP contribution in [-0.4, -0.2) is 31.1 Å². The molecule has 7 heteroatoms. The van der Waals surface area contributed by atoms with Gasteiger partial charge >= 0.3 is 0 Å². The van der Waals surface area contributed by atoms with E-state index in [-0.39, 0.29) is 24.3 Å². The summed E-state index contributed by atoms with van der Waals surface area (Å²) in [5, 5.41) is 3.35. The molecule has 1 saturated heterocycles. The molecule has 1 aliphatic heterocycles. The van der Waals surface area contributed by atoms with Gasteiger partial charge in [-0.2, -0.15) is 0 Å². The summed E-state index contributed by atoms with van der Waals surface area (Å²) in [5.41, 5.74) is 0.954. The largest absolute Gasteiger partial charge is 0.314 e. The Morgan fingerprint density at radius 1 is 1.23 bits per heavy atom. The Morgan fingerprint density at radius 2 is 1.95 bits per heavy atom. The third-order valence-corrected chi connectivity index (χ3v) is 5.78. The predicted octanol–water partition coefficient (Wildman–Crippen LogP) is 4.72. The van der Waals surface area contributed by atoms with Crippen molar-refractivity contribution in [2.24, 2.45) is 0 Å². The van der Waals surface area contributed by atoms with Crippen molar-refractivity contribution in [2.45, 2.75) is 6.04 Å². The van der Waals surface area contributed by atoms with E-state index in [2.05, 4.69) is 26.1 Å². The lowest BCUT2D eigenvalue weighted by Gasteiger charge is -2.35. The normalized spacial score (nSPS) is 17.0. The lowest BCUT2D eigenvalue weighted by Crippen LogP contribution is -2.45. The van der Waals surface area contributed by atoms with Gasteiger partial charge in [0.1, 0.15) is 5.82 Å². The van der Waals surface area contributed by atoms with E-state index >= 15 is 0 Å². The predicted molar refractivity (Wildman–Crippen MR) is 97.0 cm³/mol. The van der Waals surface area contributed by atoms with Gasteiger partial charge in [-0.15, -0.1) is 23.7 Å². The fourth-order valence-corrected chi connectivity index (χ4v) is 4.37. The van der Waals surface area contributed by atoms with Crippen LogP contribution in [0.1, 0.15) is 16.5 Å². The average molecular weight is 426 g/mol. The highest BCUT2D eigenvalue weighted by atomic mass is 79.9. The molecule has 2 nitrogen and oxygen atoms in total. The zero-order chi connectivity index (χ0) is 14.8. The van der Waals surface area contributed by atoms with Gasteiger partial charge in [0.2, 0.25) is 0 Å². The van der Waals surface area contributed by atoms with Gasteiger partial charge in [0.25, 0.3) is 0 Å². The number of thiophene rings is 1. The third-order valence-electron chi connectivity index (χ3n) is 3.66. The minimum absolute atomic E-state index is 0. The molecule has 1 N–H and O–H groups in total. The first-order valence-electron chi connectivity index (χ1n) is 6.81. The van der Waals surface area contributed by atoms with Gasteiger partial charge in [-0.25, -0.2) is 4.39 Å². The van der Waals surface area contributed by atoms with Gasteiger partial charge in [0, 0.05) is 31.1 Å². The van der Waals surface area contributed by atoms with Crippen LogP contribution >= 0.6 is 51.3 Å². The maximum Gasteiger partial charge on any atom is 0.137 e. The van der Waals surface area contributed by atoms with Crippen LogP contribution in [0.15, 0.2) is 34.8 Å². The van der Waals surface area contributed by atoms with E-state index in [1.807, 2.05) is 18.2 Å². The van der Waals surface area contributed by atoms with Gasteiger partial charge in [-0.05, 0) is 39.7 Å². The van der Waals surface area contributed by atoms with E-state index in [0.29, 0.717) is 4.47 Å². The molecule has 1 aromatic carbocycles. The van der Waals surface area contributed by atoms with Crippen LogP contribution in [0.2, 0.25) is 4.34 Å². The molecule has 1 aromatic heterocycles. The van der Waals surface area contributed by atoms with E-state index in [4.69, 9.17) is 11.6 Å². The molecule has 0 bridgehead atoms. The van der Waals surface area contributed by atoms with E-state index in [1.165, 1.54) is 6.07 Å². The molecule has 0 unspecified atom stereocenters. The fraction of sp³-hybridized carbons (Fsp3) is 0.333. The topological polar surface area (TPSA) is 15.3 Å². The van der Waals surface area contributed by atoms with Crippen molar-refractivity contribution in [1.82, 2.24) is 10.2 Å². The van der Waals surface area contributed by atoms with E-state index in [0.717, 1.165) is 41.0 Å². The van der Waals surface area contributed by atoms with E-state index < -0.39 is 0 Å². The van der Waals surface area contributed by atoms with Gasteiger partial charge in [-0.3, -0.25) is 4.90 Å². The molecule has 0 radical (unpaired) electrons. The average Bonchev–Trinajstić information content (AvgIpc) is 2.91. The Balaban J connectivity index is 0.00000176. The van der Waals surface area contributed by atoms with E-state index in [1.54, 1.807) is 17.4 Å². The Kier molecular flexibility index (Phi) is 6.68. The lowest BCUT2D eigenvalue weighted by molar-refractivity contribution is 0.200. The monoisotopic (exact) mass is 424 g/mol. The Labute approximate surface area is 153 Å². The molecule has 2 aromatic rings. The number of hydrogen-bond acceptors (Lipinski definition) is 3. The molecule has 120 valence electrons. The standard InChI is InChI=1S/C15H15BrClFN2S.ClH/c16-14-10(2-1-3-11(14)18)15(12-4-5-13(17)21-12)20-8-6-19-7-9-20;/h1-5,15,19H,6-9H2;1H/t15-;/m1./s1. The van der Waals surface area contributed by atoms with Crippen LogP contribution in [0.5, 0.6) is 0 Å². The van der Waals surface area contributed by atoms with Crippen molar-refractivity contribution in [1.29, 1.82) is 0 Å². The lowest BCUT2D eigenvalue weighted by atomic mass is 10.0. The van der Waals surface area contributed by atoms with Crippen LogP contribution in [0.4, 0.5) is 4.39 Å². The SMILES string of the molecule is Cl.Fc1cccc([C@H](c2ccc(Cl)s2)N2CCNCC2)c1Br. The molecular formula is C15H16BrCl2FN2S. The van der Waals surface area contributed by atoms with Crippen molar-refractivity contribution in [3.8, 4) is 0 Å². The summed E-state index contributed by atoms with van der Waals surface area (Å²) in [5.74, 6) is -0.227. The molecule has 1 fully saturated rings. The Morgan fingerprint density at radius 3 is 2.59 bits per heavy atom. The molecule has 2 heterocycles. The highest BCUT2D eigenvalue weighted by molar-refractivity contribution is 9.10. The van der Waals surface area contributed by atoms with Crippen molar-refractivity contribution in [2.75, 3.05) is 26.2 Å². The summed E-state index contributed by atoms with van der Waals surface area (Å²) in [6, 6.07) is 9.20. The summed E-state index contributed by atoms with van der Waals surface area (Å²) in [4.78, 5) is 3.52. The zero-order valence-corrected chi connectivity index (χ0v) is 15.7. The van der Waals surface area contributed by atoms with Gasteiger partial charge < -0.3 is 5.32 Å². The summed E-state index contributed by atoms with van der Waals surface area (Å²) in [6.45, 7) is 3.76. The number of hydrogen-bond donors (Lipinski definition) is 1. The van der Waals surface area contributed by atoms with Crippen LogP contribution < -0.4 is 5.32 Å². The first-order valence-corrected chi connectivity index (χ1v) is 8.79. The first kappa shape index (κ1) is 18.2. The number of piperazine rings is 1. The first-order chi connectivity index (χ1) is 10.2. The molecule has 22 heavy (non-hydrogen) atoms. The van der Waals surface area contributed by atoms with Crippen molar-refractivity contribution < 1.29 is 4.39 Å². The minimum Gasteiger partial charge on any atom is -0.314 e. The Bertz CT molecular complexity index is 632. The summed E-state index contributed by atoms with van der Waals surface area (Å²) < 4.78 is 15.2. The van der Waals surface area contributed by atoms with Gasteiger partial charge in [0.05, 0.1) is 14.9 Å². The van der Waals surface area contributed by atoms with Gasteiger partial charge in [-0.1, -0.05) is 23.7 Å². The number of benzene rings is 1. The number of nitrogens with zero attached hydrogens (tertiary/aromatic N) is 1. The quantitative estimate of drug-likeness (QED) is 0.765. The third kappa shape index (κ3) is 3.83. The summed E-state index contributed by atoms with van der Waals surface area (Å²) in [6.07, 6.45) is 0. The molecule has 0 amide bonds. The zero-order valence-electron chi connectivity index (χ0n) is 11.7. The number of rotatable bonds is 3. The highest BCUT2D eigenvalue weighted by Crippen LogP contribution is 2.38. The maximum absolute atomic E-state index is 13.9. The van der Waals surface area contributed by atoms with Crippen molar-refractivity contribution in [3.63, 3.8) is 0 Å². The smallest absolute Gasteiger partial charge is 0.137 e. The second-order valence-corrected chi connectivity index (χ2v) is 7.51.